The van der Waals surface area contributed by atoms with Crippen LogP contribution in [0.25, 0.3) is 0 Å². The van der Waals surface area contributed by atoms with E-state index in [4.69, 9.17) is 25.8 Å². The van der Waals surface area contributed by atoms with E-state index in [2.05, 4.69) is 10.6 Å². The Morgan fingerprint density at radius 1 is 1.19 bits per heavy atom. The summed E-state index contributed by atoms with van der Waals surface area (Å²) in [4.78, 5) is 24.3. The maximum atomic E-state index is 12.6. The van der Waals surface area contributed by atoms with E-state index in [9.17, 15) is 9.59 Å². The van der Waals surface area contributed by atoms with E-state index in [0.717, 1.165) is 0 Å². The summed E-state index contributed by atoms with van der Waals surface area (Å²) >= 11 is 6.17. The van der Waals surface area contributed by atoms with Crippen LogP contribution >= 0.6 is 11.6 Å². The number of carbonyl (C=O) groups excluding carboxylic acids is 2. The first-order valence-corrected chi connectivity index (χ1v) is 8.41. The minimum absolute atomic E-state index is 0.236. The predicted molar refractivity (Wildman–Crippen MR) is 95.6 cm³/mol. The van der Waals surface area contributed by atoms with Crippen LogP contribution in [0.5, 0.6) is 17.2 Å². The number of anilines is 2. The summed E-state index contributed by atoms with van der Waals surface area (Å²) in [5, 5.41) is 5.82. The number of nitrogens with one attached hydrogen (secondary N) is 2. The van der Waals surface area contributed by atoms with Gasteiger partial charge in [-0.2, -0.15) is 0 Å². The number of rotatable bonds is 2. The van der Waals surface area contributed by atoms with Crippen LogP contribution in [0, 0.1) is 0 Å². The van der Waals surface area contributed by atoms with Crippen molar-refractivity contribution in [3.63, 3.8) is 0 Å². The first-order chi connectivity index (χ1) is 12.5. The van der Waals surface area contributed by atoms with Crippen LogP contribution in [0.1, 0.15) is 17.3 Å². The average molecular weight is 375 g/mol. The summed E-state index contributed by atoms with van der Waals surface area (Å²) in [5.74, 6) is 0.837. The summed E-state index contributed by atoms with van der Waals surface area (Å²) in [5.41, 5.74) is 1.36. The molecule has 0 spiro atoms. The molecule has 2 amide bonds. The SMILES string of the molecule is C[C@H]1Oc2ccc(NC(=O)c3cc(Cl)c4c(c3)OCCO4)cc2NC1=O. The average Bonchev–Trinajstić information content (AvgIpc) is 2.63. The maximum absolute atomic E-state index is 12.6. The molecule has 0 unspecified atom stereocenters. The Morgan fingerprint density at radius 3 is 2.85 bits per heavy atom. The Balaban J connectivity index is 1.56. The summed E-state index contributed by atoms with van der Waals surface area (Å²) < 4.78 is 16.4. The van der Waals surface area contributed by atoms with E-state index in [1.807, 2.05) is 0 Å². The summed E-state index contributed by atoms with van der Waals surface area (Å²) in [6.07, 6.45) is -0.553. The van der Waals surface area contributed by atoms with Crippen molar-refractivity contribution >= 4 is 34.8 Å². The molecule has 0 bridgehead atoms. The Hall–Kier alpha value is -2.93. The second-order valence-corrected chi connectivity index (χ2v) is 6.30. The van der Waals surface area contributed by atoms with Crippen LogP contribution in [0.2, 0.25) is 5.02 Å². The molecule has 0 aliphatic carbocycles. The molecule has 8 heteroatoms. The maximum Gasteiger partial charge on any atom is 0.265 e. The molecule has 2 heterocycles. The number of carbonyl (C=O) groups is 2. The molecule has 26 heavy (non-hydrogen) atoms. The van der Waals surface area contributed by atoms with E-state index in [1.54, 1.807) is 31.2 Å². The second kappa shape index (κ2) is 6.42. The molecule has 7 nitrogen and oxygen atoms in total. The first-order valence-electron chi connectivity index (χ1n) is 8.03. The Bertz CT molecular complexity index is 915. The largest absolute Gasteiger partial charge is 0.486 e. The zero-order valence-corrected chi connectivity index (χ0v) is 14.6. The van der Waals surface area contributed by atoms with Crippen LogP contribution in [0.4, 0.5) is 11.4 Å². The Labute approximate surface area is 154 Å². The molecule has 0 aromatic heterocycles. The van der Waals surface area contributed by atoms with Gasteiger partial charge in [0.2, 0.25) is 0 Å². The van der Waals surface area contributed by atoms with Crippen molar-refractivity contribution < 1.29 is 23.8 Å². The fraction of sp³-hybridized carbons (Fsp3) is 0.222. The van der Waals surface area contributed by atoms with Gasteiger partial charge in [-0.3, -0.25) is 9.59 Å². The highest BCUT2D eigenvalue weighted by atomic mass is 35.5. The monoisotopic (exact) mass is 374 g/mol. The molecule has 2 aliphatic rings. The third kappa shape index (κ3) is 3.01. The zero-order chi connectivity index (χ0) is 18.3. The van der Waals surface area contributed by atoms with Crippen molar-refractivity contribution in [1.82, 2.24) is 0 Å². The number of hydrogen-bond acceptors (Lipinski definition) is 5. The highest BCUT2D eigenvalue weighted by molar-refractivity contribution is 6.32. The highest BCUT2D eigenvalue weighted by Crippen LogP contribution is 2.38. The summed E-state index contributed by atoms with van der Waals surface area (Å²) in [7, 11) is 0. The van der Waals surface area contributed by atoms with Gasteiger partial charge < -0.3 is 24.8 Å². The number of hydrogen-bond donors (Lipinski definition) is 2. The van der Waals surface area contributed by atoms with Crippen molar-refractivity contribution in [3.8, 4) is 17.2 Å². The molecule has 1 atom stereocenters. The molecule has 2 aromatic rings. The van der Waals surface area contributed by atoms with Gasteiger partial charge in [0, 0.05) is 11.3 Å². The molecule has 4 rings (SSSR count). The van der Waals surface area contributed by atoms with Crippen LogP contribution in [-0.4, -0.2) is 31.1 Å². The van der Waals surface area contributed by atoms with Crippen LogP contribution in [0.3, 0.4) is 0 Å². The van der Waals surface area contributed by atoms with Gasteiger partial charge in [-0.25, -0.2) is 0 Å². The van der Waals surface area contributed by atoms with Gasteiger partial charge in [0.05, 0.1) is 10.7 Å². The molecule has 134 valence electrons. The lowest BCUT2D eigenvalue weighted by molar-refractivity contribution is -0.122. The Kier molecular flexibility index (Phi) is 4.08. The molecule has 0 radical (unpaired) electrons. The van der Waals surface area contributed by atoms with Gasteiger partial charge in [-0.05, 0) is 37.3 Å². The number of halogens is 1. The lowest BCUT2D eigenvalue weighted by Gasteiger charge is -2.23. The number of ether oxygens (including phenoxy) is 3. The molecule has 2 aromatic carbocycles. The standard InChI is InChI=1S/C18H15ClN2O5/c1-9-17(22)21-13-8-11(2-3-14(13)26-9)20-18(23)10-6-12(19)16-15(7-10)24-4-5-25-16/h2-3,6-9H,4-5H2,1H3,(H,20,23)(H,21,22)/t9-/m1/s1. The van der Waals surface area contributed by atoms with Crippen molar-refractivity contribution in [1.29, 1.82) is 0 Å². The minimum atomic E-state index is -0.553. The van der Waals surface area contributed by atoms with Gasteiger partial charge in [-0.1, -0.05) is 11.6 Å². The Morgan fingerprint density at radius 2 is 2.00 bits per heavy atom. The summed E-state index contributed by atoms with van der Waals surface area (Å²) in [6, 6.07) is 8.13. The summed E-state index contributed by atoms with van der Waals surface area (Å²) in [6.45, 7) is 2.48. The van der Waals surface area contributed by atoms with Crippen LogP contribution < -0.4 is 24.8 Å². The fourth-order valence-electron chi connectivity index (χ4n) is 2.73. The molecule has 2 N–H and O–H groups in total. The van der Waals surface area contributed by atoms with Crippen LogP contribution in [0.15, 0.2) is 30.3 Å². The third-order valence-corrected chi connectivity index (χ3v) is 4.31. The number of benzene rings is 2. The number of amides is 2. The van der Waals surface area contributed by atoms with Crippen molar-refractivity contribution in [2.24, 2.45) is 0 Å². The molecular weight excluding hydrogens is 360 g/mol. The van der Waals surface area contributed by atoms with E-state index < -0.39 is 6.10 Å². The lowest BCUT2D eigenvalue weighted by Crippen LogP contribution is -2.34. The molecule has 0 saturated carbocycles. The van der Waals surface area contributed by atoms with Gasteiger partial charge in [0.25, 0.3) is 11.8 Å². The van der Waals surface area contributed by atoms with Crippen LogP contribution in [-0.2, 0) is 4.79 Å². The first kappa shape index (κ1) is 16.5. The molecule has 2 aliphatic heterocycles. The molecule has 0 saturated heterocycles. The zero-order valence-electron chi connectivity index (χ0n) is 13.8. The topological polar surface area (TPSA) is 85.9 Å². The normalized spacial score (nSPS) is 17.6. The van der Waals surface area contributed by atoms with Gasteiger partial charge >= 0.3 is 0 Å². The molecule has 0 fully saturated rings. The third-order valence-electron chi connectivity index (χ3n) is 4.03. The van der Waals surface area contributed by atoms with E-state index >= 15 is 0 Å². The smallest absolute Gasteiger partial charge is 0.265 e. The van der Waals surface area contributed by atoms with E-state index in [0.29, 0.717) is 52.4 Å². The predicted octanol–water partition coefficient (Wildman–Crippen LogP) is 3.08. The lowest BCUT2D eigenvalue weighted by atomic mass is 10.1. The fourth-order valence-corrected chi connectivity index (χ4v) is 3.00. The van der Waals surface area contributed by atoms with Gasteiger partial charge in [0.1, 0.15) is 19.0 Å². The van der Waals surface area contributed by atoms with Crippen molar-refractivity contribution in [2.75, 3.05) is 23.8 Å². The second-order valence-electron chi connectivity index (χ2n) is 5.90. The quantitative estimate of drug-likeness (QED) is 0.843. The van der Waals surface area contributed by atoms with Gasteiger partial charge in [0.15, 0.2) is 17.6 Å². The molecular formula is C18H15ClN2O5. The minimum Gasteiger partial charge on any atom is -0.486 e. The van der Waals surface area contributed by atoms with Crippen molar-refractivity contribution in [3.05, 3.63) is 40.9 Å². The van der Waals surface area contributed by atoms with Gasteiger partial charge in [-0.15, -0.1) is 0 Å². The number of fused-ring (bicyclic) bond motifs is 2. The van der Waals surface area contributed by atoms with E-state index in [-0.39, 0.29) is 11.8 Å². The van der Waals surface area contributed by atoms with E-state index in [1.165, 1.54) is 6.07 Å². The highest BCUT2D eigenvalue weighted by Gasteiger charge is 2.24. The van der Waals surface area contributed by atoms with Crippen molar-refractivity contribution in [2.45, 2.75) is 13.0 Å².